The Kier molecular flexibility index (Phi) is 4.09. The third-order valence-electron chi connectivity index (χ3n) is 0.501. The van der Waals surface area contributed by atoms with Gasteiger partial charge in [-0.2, -0.15) is 25.3 Å². The van der Waals surface area contributed by atoms with E-state index in [0.29, 0.717) is 0 Å². The molecule has 0 bridgehead atoms. The highest BCUT2D eigenvalue weighted by Gasteiger charge is 1.94. The number of rotatable bonds is 2. The van der Waals surface area contributed by atoms with Gasteiger partial charge in [0, 0.05) is 10.8 Å². The average Bonchev–Trinajstić information content (AvgIpc) is 1.64. The molecule has 0 aromatic heterocycles. The molecule has 0 radical (unpaired) electrons. The van der Waals surface area contributed by atoms with Crippen molar-refractivity contribution in [2.45, 2.75) is 0 Å². The van der Waals surface area contributed by atoms with Crippen LogP contribution in [0, 0.1) is 0 Å². The summed E-state index contributed by atoms with van der Waals surface area (Å²) in [7, 11) is -3.20. The summed E-state index contributed by atoms with van der Waals surface area (Å²) in [5.41, 5.74) is 0. The van der Waals surface area contributed by atoms with Crippen LogP contribution in [0.4, 0.5) is 0 Å². The van der Waals surface area contributed by atoms with Crippen LogP contribution in [-0.2, 0) is 9.84 Å². The lowest BCUT2D eigenvalue weighted by molar-refractivity contribution is 0.612. The van der Waals surface area contributed by atoms with E-state index >= 15 is 0 Å². The average molecular weight is 182 g/mol. The standard InChI is InChI=1S/C4H6O2S3/c5-9(6,3-1-7)4-2-8/h1-4,7-8H. The predicted octanol–water partition coefficient (Wildman–Crippen LogP) is 1.20. The normalized spacial score (nSPS) is 13.6. The summed E-state index contributed by atoms with van der Waals surface area (Å²) < 4.78 is 21.1. The molecule has 0 heterocycles. The van der Waals surface area contributed by atoms with Gasteiger partial charge in [-0.1, -0.05) is 0 Å². The third-order valence-corrected chi connectivity index (χ3v) is 2.23. The Morgan fingerprint density at radius 2 is 1.33 bits per heavy atom. The molecular weight excluding hydrogens is 176 g/mol. The predicted molar refractivity (Wildman–Crippen MR) is 45.2 cm³/mol. The van der Waals surface area contributed by atoms with Crippen LogP contribution >= 0.6 is 25.3 Å². The van der Waals surface area contributed by atoms with Crippen molar-refractivity contribution in [2.24, 2.45) is 0 Å². The molecule has 0 saturated carbocycles. The fraction of sp³-hybridized carbons (Fsp3) is 0. The molecule has 0 amide bonds. The molecule has 0 aliphatic heterocycles. The van der Waals surface area contributed by atoms with Crippen molar-refractivity contribution in [3.63, 3.8) is 0 Å². The van der Waals surface area contributed by atoms with Crippen molar-refractivity contribution in [2.75, 3.05) is 0 Å². The molecule has 0 rings (SSSR count). The van der Waals surface area contributed by atoms with Crippen LogP contribution in [0.15, 0.2) is 21.6 Å². The molecule has 0 aromatic carbocycles. The molecule has 0 aliphatic carbocycles. The van der Waals surface area contributed by atoms with Crippen LogP contribution in [0.25, 0.3) is 0 Å². The number of thiol groups is 2. The summed E-state index contributed by atoms with van der Waals surface area (Å²) in [6, 6.07) is 0. The molecule has 9 heavy (non-hydrogen) atoms. The van der Waals surface area contributed by atoms with E-state index in [4.69, 9.17) is 0 Å². The molecule has 0 atom stereocenters. The summed E-state index contributed by atoms with van der Waals surface area (Å²) in [4.78, 5) is 0. The van der Waals surface area contributed by atoms with E-state index in [1.54, 1.807) is 0 Å². The van der Waals surface area contributed by atoms with Crippen molar-refractivity contribution >= 4 is 35.1 Å². The maximum Gasteiger partial charge on any atom is 0.194 e. The number of sulfone groups is 1. The van der Waals surface area contributed by atoms with Crippen LogP contribution in [0.2, 0.25) is 0 Å². The van der Waals surface area contributed by atoms with Gasteiger partial charge in [-0.15, -0.1) is 0 Å². The molecular formula is C4H6O2S3. The molecule has 0 aromatic rings. The van der Waals surface area contributed by atoms with Gasteiger partial charge in [-0.3, -0.25) is 0 Å². The minimum Gasteiger partial charge on any atom is -0.220 e. The second-order valence-electron chi connectivity index (χ2n) is 1.16. The minimum atomic E-state index is -3.20. The molecule has 0 fully saturated rings. The highest BCUT2D eigenvalue weighted by atomic mass is 32.2. The van der Waals surface area contributed by atoms with E-state index in [1.165, 1.54) is 0 Å². The van der Waals surface area contributed by atoms with Gasteiger partial charge >= 0.3 is 0 Å². The molecule has 0 aliphatic rings. The first-order valence-corrected chi connectivity index (χ1v) is 4.63. The first-order valence-electron chi connectivity index (χ1n) is 1.99. The van der Waals surface area contributed by atoms with E-state index in [9.17, 15) is 8.42 Å². The van der Waals surface area contributed by atoms with Crippen molar-refractivity contribution in [1.82, 2.24) is 0 Å². The first-order chi connectivity index (χ1) is 4.12. The zero-order chi connectivity index (χ0) is 7.33. The van der Waals surface area contributed by atoms with E-state index < -0.39 is 9.84 Å². The van der Waals surface area contributed by atoms with Crippen LogP contribution in [0.3, 0.4) is 0 Å². The van der Waals surface area contributed by atoms with E-state index in [-0.39, 0.29) is 0 Å². The van der Waals surface area contributed by atoms with Crippen LogP contribution in [0.5, 0.6) is 0 Å². The third kappa shape index (κ3) is 4.62. The lowest BCUT2D eigenvalue weighted by atomic mass is 11.2. The molecule has 0 N–H and O–H groups in total. The number of hydrogen-bond acceptors (Lipinski definition) is 4. The van der Waals surface area contributed by atoms with Crippen LogP contribution < -0.4 is 0 Å². The molecule has 2 nitrogen and oxygen atoms in total. The highest BCUT2D eigenvalue weighted by Crippen LogP contribution is 1.96. The smallest absolute Gasteiger partial charge is 0.194 e. The Hall–Kier alpha value is 0.130. The Balaban J connectivity index is 4.42. The molecule has 5 heteroatoms. The topological polar surface area (TPSA) is 34.1 Å². The second kappa shape index (κ2) is 4.03. The molecule has 52 valence electrons. The van der Waals surface area contributed by atoms with Crippen molar-refractivity contribution < 1.29 is 8.42 Å². The van der Waals surface area contributed by atoms with Crippen molar-refractivity contribution in [3.8, 4) is 0 Å². The van der Waals surface area contributed by atoms with Gasteiger partial charge in [0.1, 0.15) is 0 Å². The molecule has 0 saturated heterocycles. The summed E-state index contributed by atoms with van der Waals surface area (Å²) in [6.07, 6.45) is 0. The molecule has 0 unspecified atom stereocenters. The van der Waals surface area contributed by atoms with Crippen LogP contribution in [-0.4, -0.2) is 8.42 Å². The second-order valence-corrected chi connectivity index (χ2v) is 3.48. The van der Waals surface area contributed by atoms with Crippen molar-refractivity contribution in [1.29, 1.82) is 0 Å². The summed E-state index contributed by atoms with van der Waals surface area (Å²) >= 11 is 7.18. The van der Waals surface area contributed by atoms with Gasteiger partial charge in [-0.25, -0.2) is 8.42 Å². The van der Waals surface area contributed by atoms with Gasteiger partial charge in [0.05, 0.1) is 0 Å². The fourth-order valence-electron chi connectivity index (χ4n) is 0.215. The van der Waals surface area contributed by atoms with E-state index in [1.807, 2.05) is 0 Å². The van der Waals surface area contributed by atoms with E-state index in [2.05, 4.69) is 25.3 Å². The summed E-state index contributed by atoms with van der Waals surface area (Å²) in [6.45, 7) is 0. The highest BCUT2D eigenvalue weighted by molar-refractivity contribution is 7.98. The van der Waals surface area contributed by atoms with Gasteiger partial charge in [0.15, 0.2) is 9.84 Å². The van der Waals surface area contributed by atoms with Crippen LogP contribution in [0.1, 0.15) is 0 Å². The summed E-state index contributed by atoms with van der Waals surface area (Å²) in [5.74, 6) is 0. The number of hydrogen-bond donors (Lipinski definition) is 2. The van der Waals surface area contributed by atoms with Gasteiger partial charge in [0.25, 0.3) is 0 Å². The summed E-state index contributed by atoms with van der Waals surface area (Å²) in [5, 5.41) is 4.26. The zero-order valence-electron chi connectivity index (χ0n) is 4.43. The Bertz CT molecular complexity index is 194. The fourth-order valence-corrected chi connectivity index (χ4v) is 1.66. The van der Waals surface area contributed by atoms with Gasteiger partial charge in [0.2, 0.25) is 0 Å². The SMILES string of the molecule is O=S(=O)(C=CS)C=CS. The lowest BCUT2D eigenvalue weighted by Gasteiger charge is -1.82. The van der Waals surface area contributed by atoms with Crippen molar-refractivity contribution in [3.05, 3.63) is 21.6 Å². The Morgan fingerprint density at radius 1 is 1.00 bits per heavy atom. The largest absolute Gasteiger partial charge is 0.220 e. The Morgan fingerprint density at radius 3 is 1.56 bits per heavy atom. The van der Waals surface area contributed by atoms with E-state index in [0.717, 1.165) is 21.6 Å². The minimum absolute atomic E-state index is 0.975. The monoisotopic (exact) mass is 182 g/mol. The first kappa shape index (κ1) is 9.13. The zero-order valence-corrected chi connectivity index (χ0v) is 7.03. The quantitative estimate of drug-likeness (QED) is 0.629. The Labute approximate surface area is 65.4 Å². The van der Waals surface area contributed by atoms with Gasteiger partial charge in [-0.05, 0) is 10.8 Å². The lowest BCUT2D eigenvalue weighted by Crippen LogP contribution is -1.85. The maximum atomic E-state index is 10.6. The van der Waals surface area contributed by atoms with Gasteiger partial charge < -0.3 is 0 Å². The maximum absolute atomic E-state index is 10.6. The molecule has 0 spiro atoms.